The minimum Gasteiger partial charge on any atom is -0.389 e. The summed E-state index contributed by atoms with van der Waals surface area (Å²) < 4.78 is 5.88. The zero-order valence-electron chi connectivity index (χ0n) is 19.4. The molecule has 0 radical (unpaired) electrons. The fraction of sp³-hybridized carbons (Fsp3) is 0.370. The Kier molecular flexibility index (Phi) is 8.02. The number of fused-ring (bicyclic) bond motifs is 1. The van der Waals surface area contributed by atoms with E-state index in [2.05, 4.69) is 66.9 Å². The number of carbonyl (C=O) groups excluding carboxylic acids is 1. The monoisotopic (exact) mass is 434 g/mol. The van der Waals surface area contributed by atoms with Gasteiger partial charge in [0.15, 0.2) is 0 Å². The average Bonchev–Trinajstić information content (AvgIpc) is 2.75. The van der Waals surface area contributed by atoms with Crippen LogP contribution in [-0.2, 0) is 16.0 Å². The van der Waals surface area contributed by atoms with Gasteiger partial charge in [-0.05, 0) is 61.2 Å². The molecule has 0 spiro atoms. The van der Waals surface area contributed by atoms with Crippen molar-refractivity contribution in [3.05, 3.63) is 77.9 Å². The van der Waals surface area contributed by atoms with Gasteiger partial charge in [-0.15, -0.1) is 0 Å². The number of benzene rings is 3. The second-order valence-corrected chi connectivity index (χ2v) is 9.06. The van der Waals surface area contributed by atoms with Gasteiger partial charge in [0.05, 0.1) is 18.8 Å². The standard InChI is InChI=1S/C27H34N2O3/c1-19(23-10-7-11-25(15-23)29-20(2)30)32-18-26(31)17-28-27(3,4)16-21-12-13-22-8-5-6-9-24(22)14-21/h5-15,19,26,28,31H,16-18H2,1-4H3,(H,29,30)/t19?,26-/m1/s1. The van der Waals surface area contributed by atoms with E-state index in [-0.39, 0.29) is 24.2 Å². The van der Waals surface area contributed by atoms with Gasteiger partial charge in [-0.25, -0.2) is 0 Å². The summed E-state index contributed by atoms with van der Waals surface area (Å²) in [7, 11) is 0. The highest BCUT2D eigenvalue weighted by Gasteiger charge is 2.20. The van der Waals surface area contributed by atoms with Gasteiger partial charge in [0.1, 0.15) is 0 Å². The van der Waals surface area contributed by atoms with E-state index in [1.807, 2.05) is 31.2 Å². The van der Waals surface area contributed by atoms with Gasteiger partial charge in [-0.1, -0.05) is 54.6 Å². The lowest BCUT2D eigenvalue weighted by molar-refractivity contribution is -0.114. The molecule has 0 bridgehead atoms. The first kappa shape index (κ1) is 23.9. The summed E-state index contributed by atoms with van der Waals surface area (Å²) in [6.07, 6.45) is 0.0495. The molecular formula is C27H34N2O3. The quantitative estimate of drug-likeness (QED) is 0.427. The van der Waals surface area contributed by atoms with E-state index in [4.69, 9.17) is 4.74 Å². The summed E-state index contributed by atoms with van der Waals surface area (Å²) in [5.41, 5.74) is 2.79. The second-order valence-electron chi connectivity index (χ2n) is 9.06. The molecule has 0 saturated carbocycles. The van der Waals surface area contributed by atoms with Crippen molar-refractivity contribution in [2.24, 2.45) is 0 Å². The van der Waals surface area contributed by atoms with Crippen LogP contribution in [0, 0.1) is 0 Å². The van der Waals surface area contributed by atoms with Gasteiger partial charge in [0.25, 0.3) is 0 Å². The van der Waals surface area contributed by atoms with E-state index in [1.54, 1.807) is 0 Å². The van der Waals surface area contributed by atoms with E-state index < -0.39 is 6.10 Å². The van der Waals surface area contributed by atoms with Crippen LogP contribution in [0.2, 0.25) is 0 Å². The number of carbonyl (C=O) groups is 1. The SMILES string of the molecule is CC(=O)Nc1cccc(C(C)OC[C@H](O)CNC(C)(C)Cc2ccc3ccccc3c2)c1. The van der Waals surface area contributed by atoms with Crippen molar-refractivity contribution in [2.75, 3.05) is 18.5 Å². The Labute approximate surface area is 190 Å². The van der Waals surface area contributed by atoms with Crippen molar-refractivity contribution in [3.63, 3.8) is 0 Å². The molecular weight excluding hydrogens is 400 g/mol. The van der Waals surface area contributed by atoms with Gasteiger partial charge in [-0.3, -0.25) is 4.79 Å². The first-order chi connectivity index (χ1) is 15.2. The van der Waals surface area contributed by atoms with Crippen LogP contribution >= 0.6 is 0 Å². The summed E-state index contributed by atoms with van der Waals surface area (Å²) in [5.74, 6) is -0.108. The highest BCUT2D eigenvalue weighted by atomic mass is 16.5. The number of rotatable bonds is 10. The molecule has 0 aliphatic rings. The van der Waals surface area contributed by atoms with Gasteiger partial charge in [0, 0.05) is 24.7 Å². The second kappa shape index (κ2) is 10.7. The normalized spacial score (nSPS) is 13.7. The molecule has 3 N–H and O–H groups in total. The van der Waals surface area contributed by atoms with Gasteiger partial charge in [-0.2, -0.15) is 0 Å². The summed E-state index contributed by atoms with van der Waals surface area (Å²) in [4.78, 5) is 11.3. The Hall–Kier alpha value is -2.73. The summed E-state index contributed by atoms with van der Waals surface area (Å²) in [5, 5.41) is 19.2. The molecule has 170 valence electrons. The topological polar surface area (TPSA) is 70.6 Å². The van der Waals surface area contributed by atoms with Crippen molar-refractivity contribution < 1.29 is 14.6 Å². The maximum absolute atomic E-state index is 11.3. The van der Waals surface area contributed by atoms with Gasteiger partial charge < -0.3 is 20.5 Å². The molecule has 2 atom stereocenters. The Balaban J connectivity index is 1.47. The van der Waals surface area contributed by atoms with Crippen molar-refractivity contribution in [2.45, 2.75) is 51.9 Å². The third-order valence-electron chi connectivity index (χ3n) is 5.49. The zero-order chi connectivity index (χ0) is 23.1. The van der Waals surface area contributed by atoms with Crippen molar-refractivity contribution in [1.29, 1.82) is 0 Å². The number of aliphatic hydroxyl groups excluding tert-OH is 1. The Bertz CT molecular complexity index is 1050. The molecule has 0 aromatic heterocycles. The summed E-state index contributed by atoms with van der Waals surface area (Å²) >= 11 is 0. The molecule has 0 saturated heterocycles. The number of ether oxygens (including phenoxy) is 1. The van der Waals surface area contributed by atoms with Gasteiger partial charge in [0.2, 0.25) is 5.91 Å². The lowest BCUT2D eigenvalue weighted by atomic mass is 9.93. The third-order valence-corrected chi connectivity index (χ3v) is 5.49. The number of amides is 1. The Morgan fingerprint density at radius 3 is 2.53 bits per heavy atom. The predicted octanol–water partition coefficient (Wildman–Crippen LogP) is 4.85. The van der Waals surface area contributed by atoms with Gasteiger partial charge >= 0.3 is 0 Å². The van der Waals surface area contributed by atoms with E-state index in [0.717, 1.165) is 17.7 Å². The van der Waals surface area contributed by atoms with Crippen molar-refractivity contribution in [1.82, 2.24) is 5.32 Å². The minimum absolute atomic E-state index is 0.108. The number of hydrogen-bond acceptors (Lipinski definition) is 4. The number of β-amino-alcohol motifs (C(OH)–C–C–N with tert-alkyl or cyclic N) is 1. The number of hydrogen-bond donors (Lipinski definition) is 3. The molecule has 3 rings (SSSR count). The lowest BCUT2D eigenvalue weighted by Gasteiger charge is -2.28. The number of aliphatic hydroxyl groups is 1. The molecule has 0 heterocycles. The molecule has 1 amide bonds. The molecule has 32 heavy (non-hydrogen) atoms. The fourth-order valence-corrected chi connectivity index (χ4v) is 3.80. The Morgan fingerprint density at radius 1 is 1.03 bits per heavy atom. The first-order valence-corrected chi connectivity index (χ1v) is 11.1. The van der Waals surface area contributed by atoms with Crippen LogP contribution in [0.5, 0.6) is 0 Å². The minimum atomic E-state index is -0.619. The first-order valence-electron chi connectivity index (χ1n) is 11.1. The molecule has 0 fully saturated rings. The van der Waals surface area contributed by atoms with Crippen LogP contribution in [0.1, 0.15) is 44.9 Å². The van der Waals surface area contributed by atoms with Crippen LogP contribution in [0.3, 0.4) is 0 Å². The van der Waals surface area contributed by atoms with E-state index >= 15 is 0 Å². The smallest absolute Gasteiger partial charge is 0.221 e. The molecule has 0 aliphatic heterocycles. The molecule has 1 unspecified atom stereocenters. The third kappa shape index (κ3) is 7.16. The van der Waals surface area contributed by atoms with E-state index in [0.29, 0.717) is 6.54 Å². The highest BCUT2D eigenvalue weighted by Crippen LogP contribution is 2.21. The summed E-state index contributed by atoms with van der Waals surface area (Å²) in [6, 6.07) is 22.5. The maximum Gasteiger partial charge on any atom is 0.221 e. The predicted molar refractivity (Wildman–Crippen MR) is 131 cm³/mol. The van der Waals surface area contributed by atoms with Crippen LogP contribution in [-0.4, -0.2) is 35.8 Å². The molecule has 3 aromatic carbocycles. The lowest BCUT2D eigenvalue weighted by Crippen LogP contribution is -2.46. The average molecular weight is 435 g/mol. The summed E-state index contributed by atoms with van der Waals surface area (Å²) in [6.45, 7) is 8.38. The van der Waals surface area contributed by atoms with Crippen molar-refractivity contribution >= 4 is 22.4 Å². The fourth-order valence-electron chi connectivity index (χ4n) is 3.80. The number of anilines is 1. The Morgan fingerprint density at radius 2 is 1.78 bits per heavy atom. The van der Waals surface area contributed by atoms with Crippen LogP contribution in [0.15, 0.2) is 66.7 Å². The highest BCUT2D eigenvalue weighted by molar-refractivity contribution is 5.88. The number of nitrogens with one attached hydrogen (secondary N) is 2. The largest absolute Gasteiger partial charge is 0.389 e. The zero-order valence-corrected chi connectivity index (χ0v) is 19.4. The maximum atomic E-state index is 11.3. The van der Waals surface area contributed by atoms with E-state index in [1.165, 1.54) is 23.3 Å². The van der Waals surface area contributed by atoms with Crippen LogP contribution < -0.4 is 10.6 Å². The van der Waals surface area contributed by atoms with E-state index in [9.17, 15) is 9.90 Å². The molecule has 3 aromatic rings. The molecule has 5 heteroatoms. The molecule has 0 aliphatic carbocycles. The van der Waals surface area contributed by atoms with Crippen LogP contribution in [0.25, 0.3) is 10.8 Å². The van der Waals surface area contributed by atoms with Crippen molar-refractivity contribution in [3.8, 4) is 0 Å². The van der Waals surface area contributed by atoms with Crippen LogP contribution in [0.4, 0.5) is 5.69 Å². The molecule has 5 nitrogen and oxygen atoms in total.